The minimum absolute atomic E-state index is 0.0485. The van der Waals surface area contributed by atoms with E-state index in [9.17, 15) is 19.8 Å². The Morgan fingerprint density at radius 3 is 1.65 bits per heavy atom. The van der Waals surface area contributed by atoms with Gasteiger partial charge in [0, 0.05) is 12.8 Å². The summed E-state index contributed by atoms with van der Waals surface area (Å²) in [7, 11) is 0. The maximum atomic E-state index is 12.3. The third-order valence-electron chi connectivity index (χ3n) is 8.72. The first-order chi connectivity index (χ1) is 22.5. The van der Waals surface area contributed by atoms with E-state index in [1.54, 1.807) is 0 Å². The van der Waals surface area contributed by atoms with Crippen LogP contribution in [0.25, 0.3) is 0 Å². The van der Waals surface area contributed by atoms with Gasteiger partial charge in [0.25, 0.3) is 0 Å². The van der Waals surface area contributed by atoms with E-state index in [-0.39, 0.29) is 18.5 Å². The first-order valence-corrected chi connectivity index (χ1v) is 19.6. The number of nitrogens with one attached hydrogen (secondary N) is 1. The molecule has 46 heavy (non-hydrogen) atoms. The smallest absolute Gasteiger partial charge is 0.305 e. The van der Waals surface area contributed by atoms with Crippen molar-refractivity contribution in [1.29, 1.82) is 0 Å². The molecule has 270 valence electrons. The minimum Gasteiger partial charge on any atom is -0.466 e. The monoisotopic (exact) mass is 650 g/mol. The van der Waals surface area contributed by atoms with Gasteiger partial charge in [0.15, 0.2) is 0 Å². The fraction of sp³-hybridized carbons (Fsp3) is 0.850. The normalized spacial score (nSPS) is 13.0. The number of carbonyl (C=O) groups excluding carboxylic acids is 2. The van der Waals surface area contributed by atoms with Crippen LogP contribution in [0.1, 0.15) is 194 Å². The Kier molecular flexibility index (Phi) is 34.9. The molecule has 0 bridgehead atoms. The van der Waals surface area contributed by atoms with Crippen molar-refractivity contribution in [1.82, 2.24) is 5.32 Å². The molecule has 3 N–H and O–H groups in total. The summed E-state index contributed by atoms with van der Waals surface area (Å²) in [5.74, 6) is -0.149. The summed E-state index contributed by atoms with van der Waals surface area (Å²) >= 11 is 0. The van der Waals surface area contributed by atoms with Crippen molar-refractivity contribution >= 4 is 11.9 Å². The Morgan fingerprint density at radius 1 is 0.587 bits per heavy atom. The maximum absolute atomic E-state index is 12.3. The number of carbonyl (C=O) groups is 2. The number of aliphatic hydroxyl groups excluding tert-OH is 2. The lowest BCUT2D eigenvalue weighted by Gasteiger charge is -2.22. The van der Waals surface area contributed by atoms with E-state index in [4.69, 9.17) is 4.74 Å². The molecule has 0 saturated carbocycles. The number of amides is 1. The van der Waals surface area contributed by atoms with Crippen molar-refractivity contribution in [3.63, 3.8) is 0 Å². The third-order valence-corrected chi connectivity index (χ3v) is 8.72. The van der Waals surface area contributed by atoms with Crippen LogP contribution in [-0.2, 0) is 14.3 Å². The molecule has 1 amide bonds. The van der Waals surface area contributed by atoms with Gasteiger partial charge in [-0.25, -0.2) is 0 Å². The lowest BCUT2D eigenvalue weighted by molar-refractivity contribution is -0.143. The molecule has 0 aromatic rings. The van der Waals surface area contributed by atoms with E-state index in [1.165, 1.54) is 89.9 Å². The highest BCUT2D eigenvalue weighted by Gasteiger charge is 2.19. The van der Waals surface area contributed by atoms with Crippen LogP contribution in [0, 0.1) is 0 Å². The fourth-order valence-corrected chi connectivity index (χ4v) is 5.62. The number of rotatable bonds is 35. The largest absolute Gasteiger partial charge is 0.466 e. The molecule has 0 rings (SSSR count). The van der Waals surface area contributed by atoms with Gasteiger partial charge in [-0.05, 0) is 64.2 Å². The topological polar surface area (TPSA) is 95.9 Å². The minimum atomic E-state index is -0.692. The quantitative estimate of drug-likeness (QED) is 0.0361. The number of hydrogen-bond donors (Lipinski definition) is 3. The van der Waals surface area contributed by atoms with Crippen molar-refractivity contribution in [3.05, 3.63) is 24.3 Å². The lowest BCUT2D eigenvalue weighted by atomic mass is 10.0. The van der Waals surface area contributed by atoms with Gasteiger partial charge in [-0.2, -0.15) is 0 Å². The molecular weight excluding hydrogens is 574 g/mol. The predicted octanol–water partition coefficient (Wildman–Crippen LogP) is 10.4. The standard InChI is InChI=1S/C40H75NO5/c1-3-5-7-9-11-13-14-18-22-26-30-34-40(45)46-35-31-27-23-19-15-17-21-25-29-33-39(44)41-37(36-42)38(43)32-28-24-20-16-12-10-8-6-4-2/h9,11,17,21,37-38,42-43H,3-8,10,12-16,18-20,22-36H2,1-2H3,(H,41,44)/b11-9-,21-17-. The third kappa shape index (κ3) is 32.3. The van der Waals surface area contributed by atoms with Gasteiger partial charge in [-0.15, -0.1) is 0 Å². The van der Waals surface area contributed by atoms with E-state index >= 15 is 0 Å². The number of ether oxygens (including phenoxy) is 1. The van der Waals surface area contributed by atoms with Gasteiger partial charge in [-0.3, -0.25) is 9.59 Å². The van der Waals surface area contributed by atoms with Crippen molar-refractivity contribution in [2.24, 2.45) is 0 Å². The van der Waals surface area contributed by atoms with Gasteiger partial charge in [0.2, 0.25) is 5.91 Å². The number of unbranched alkanes of at least 4 members (excludes halogenated alkanes) is 20. The molecule has 0 heterocycles. The van der Waals surface area contributed by atoms with Crippen LogP contribution in [0.4, 0.5) is 0 Å². The average Bonchev–Trinajstić information content (AvgIpc) is 3.05. The lowest BCUT2D eigenvalue weighted by Crippen LogP contribution is -2.45. The van der Waals surface area contributed by atoms with Crippen LogP contribution in [0.5, 0.6) is 0 Å². The second-order valence-electron chi connectivity index (χ2n) is 13.2. The molecule has 0 aromatic carbocycles. The van der Waals surface area contributed by atoms with E-state index in [1.807, 2.05) is 0 Å². The zero-order valence-corrected chi connectivity index (χ0v) is 30.3. The SMILES string of the molecule is CCCC/C=C\CCCCCCCC(=O)OCCCCCC/C=C\CCCC(=O)NC(CO)C(O)CCCCCCCCCCC. The van der Waals surface area contributed by atoms with Gasteiger partial charge < -0.3 is 20.3 Å². The molecule has 0 radical (unpaired) electrons. The molecular formula is C40H75NO5. The van der Waals surface area contributed by atoms with Crippen LogP contribution in [0.3, 0.4) is 0 Å². The predicted molar refractivity (Wildman–Crippen MR) is 195 cm³/mol. The summed E-state index contributed by atoms with van der Waals surface area (Å²) in [5, 5.41) is 22.9. The van der Waals surface area contributed by atoms with E-state index < -0.39 is 12.1 Å². The second-order valence-corrected chi connectivity index (χ2v) is 13.2. The van der Waals surface area contributed by atoms with E-state index in [0.717, 1.165) is 70.6 Å². The molecule has 0 aliphatic carbocycles. The zero-order chi connectivity index (χ0) is 33.8. The molecule has 6 nitrogen and oxygen atoms in total. The van der Waals surface area contributed by atoms with Crippen molar-refractivity contribution < 1.29 is 24.5 Å². The zero-order valence-electron chi connectivity index (χ0n) is 30.3. The van der Waals surface area contributed by atoms with Crippen LogP contribution >= 0.6 is 0 Å². The Morgan fingerprint density at radius 2 is 1.07 bits per heavy atom. The molecule has 0 fully saturated rings. The van der Waals surface area contributed by atoms with Crippen molar-refractivity contribution in [3.8, 4) is 0 Å². The first kappa shape index (κ1) is 44.3. The highest BCUT2D eigenvalue weighted by Crippen LogP contribution is 2.13. The highest BCUT2D eigenvalue weighted by molar-refractivity contribution is 5.76. The van der Waals surface area contributed by atoms with Crippen LogP contribution < -0.4 is 5.32 Å². The molecule has 6 heteroatoms. The fourth-order valence-electron chi connectivity index (χ4n) is 5.62. The van der Waals surface area contributed by atoms with Crippen LogP contribution in [-0.4, -0.2) is 47.4 Å². The summed E-state index contributed by atoms with van der Waals surface area (Å²) in [4.78, 5) is 24.2. The number of allylic oxidation sites excluding steroid dienone is 4. The molecule has 2 unspecified atom stereocenters. The molecule has 0 saturated heterocycles. The first-order valence-electron chi connectivity index (χ1n) is 19.6. The average molecular weight is 650 g/mol. The molecule has 0 aliphatic heterocycles. The van der Waals surface area contributed by atoms with E-state index in [0.29, 0.717) is 25.9 Å². The molecule has 0 aliphatic rings. The summed E-state index contributed by atoms with van der Waals surface area (Å²) in [5.41, 5.74) is 0. The van der Waals surface area contributed by atoms with Gasteiger partial charge in [-0.1, -0.05) is 141 Å². The Balaban J connectivity index is 3.58. The molecule has 0 spiro atoms. The van der Waals surface area contributed by atoms with Crippen molar-refractivity contribution in [2.75, 3.05) is 13.2 Å². The molecule has 0 aromatic heterocycles. The Bertz CT molecular complexity index is 722. The van der Waals surface area contributed by atoms with Crippen LogP contribution in [0.15, 0.2) is 24.3 Å². The second kappa shape index (κ2) is 36.2. The number of esters is 1. The number of aliphatic hydroxyl groups is 2. The van der Waals surface area contributed by atoms with Gasteiger partial charge in [0.1, 0.15) is 0 Å². The van der Waals surface area contributed by atoms with Crippen molar-refractivity contribution in [2.45, 2.75) is 206 Å². The summed E-state index contributed by atoms with van der Waals surface area (Å²) in [6.45, 7) is 4.77. The van der Waals surface area contributed by atoms with Gasteiger partial charge >= 0.3 is 5.97 Å². The maximum Gasteiger partial charge on any atom is 0.305 e. The van der Waals surface area contributed by atoms with Gasteiger partial charge in [0.05, 0.1) is 25.4 Å². The Labute approximate surface area is 284 Å². The summed E-state index contributed by atoms with van der Waals surface area (Å²) < 4.78 is 5.39. The summed E-state index contributed by atoms with van der Waals surface area (Å²) in [6, 6.07) is -0.576. The molecule has 2 atom stereocenters. The number of hydrogen-bond acceptors (Lipinski definition) is 5. The van der Waals surface area contributed by atoms with E-state index in [2.05, 4.69) is 43.5 Å². The van der Waals surface area contributed by atoms with Crippen LogP contribution in [0.2, 0.25) is 0 Å². The summed E-state index contributed by atoms with van der Waals surface area (Å²) in [6.07, 6.45) is 38.5. The highest BCUT2D eigenvalue weighted by atomic mass is 16.5. The Hall–Kier alpha value is -1.66.